The van der Waals surface area contributed by atoms with Crippen LogP contribution < -0.4 is 16.2 Å². The van der Waals surface area contributed by atoms with Crippen LogP contribution in [0, 0.1) is 13.8 Å². The number of anilines is 1. The Labute approximate surface area is 196 Å². The van der Waals surface area contributed by atoms with E-state index >= 15 is 0 Å². The zero-order valence-corrected chi connectivity index (χ0v) is 19.8. The first-order valence-electron chi connectivity index (χ1n) is 10.8. The van der Waals surface area contributed by atoms with E-state index in [2.05, 4.69) is 15.6 Å². The quantitative estimate of drug-likeness (QED) is 0.281. The van der Waals surface area contributed by atoms with Crippen molar-refractivity contribution in [3.8, 4) is 0 Å². The Bertz CT molecular complexity index is 1210. The van der Waals surface area contributed by atoms with Crippen molar-refractivity contribution < 1.29 is 14.3 Å². The van der Waals surface area contributed by atoms with Crippen molar-refractivity contribution in [1.29, 1.82) is 0 Å². The van der Waals surface area contributed by atoms with Crippen molar-refractivity contribution in [1.82, 2.24) is 14.9 Å². The van der Waals surface area contributed by atoms with Crippen molar-refractivity contribution in [2.75, 3.05) is 24.3 Å². The lowest BCUT2D eigenvalue weighted by Gasteiger charge is -2.13. The van der Waals surface area contributed by atoms with E-state index in [0.717, 1.165) is 22.9 Å². The first-order valence-corrected chi connectivity index (χ1v) is 11.8. The van der Waals surface area contributed by atoms with Crippen molar-refractivity contribution in [2.45, 2.75) is 38.9 Å². The summed E-state index contributed by atoms with van der Waals surface area (Å²) in [6.45, 7) is 7.33. The van der Waals surface area contributed by atoms with Gasteiger partial charge in [0, 0.05) is 25.4 Å². The van der Waals surface area contributed by atoms with Crippen molar-refractivity contribution in [3.05, 3.63) is 63.9 Å². The molecule has 3 amide bonds. The van der Waals surface area contributed by atoms with Gasteiger partial charge in [-0.2, -0.15) is 0 Å². The number of fused-ring (bicyclic) bond motifs is 1. The molecule has 0 saturated heterocycles. The molecule has 9 heteroatoms. The summed E-state index contributed by atoms with van der Waals surface area (Å²) in [5.41, 5.74) is 3.03. The summed E-state index contributed by atoms with van der Waals surface area (Å²) in [6.07, 6.45) is 0.645. The normalized spacial score (nSPS) is 10.9. The number of hydrogen-bond donors (Lipinski definition) is 2. The van der Waals surface area contributed by atoms with E-state index in [9.17, 15) is 14.4 Å². The van der Waals surface area contributed by atoms with Crippen LogP contribution in [0.1, 0.15) is 24.5 Å². The number of carbonyl (C=O) groups excluding carboxylic acids is 2. The van der Waals surface area contributed by atoms with Crippen LogP contribution >= 0.6 is 11.8 Å². The van der Waals surface area contributed by atoms with E-state index in [1.54, 1.807) is 28.8 Å². The molecule has 174 valence electrons. The van der Waals surface area contributed by atoms with Crippen LogP contribution in [-0.2, 0) is 16.1 Å². The van der Waals surface area contributed by atoms with Crippen LogP contribution in [0.15, 0.2) is 52.4 Å². The highest BCUT2D eigenvalue weighted by molar-refractivity contribution is 7.99. The molecule has 3 rings (SSSR count). The van der Waals surface area contributed by atoms with Crippen molar-refractivity contribution in [3.63, 3.8) is 0 Å². The molecule has 33 heavy (non-hydrogen) atoms. The van der Waals surface area contributed by atoms with E-state index in [1.807, 2.05) is 39.0 Å². The van der Waals surface area contributed by atoms with Gasteiger partial charge in [-0.15, -0.1) is 0 Å². The molecular formula is C24H28N4O4S. The SMILES string of the molecule is CCOCCCn1c(SCC(=O)NC(=O)Nc2cccc(C)c2C)nc2ccccc2c1=O. The fourth-order valence-electron chi connectivity index (χ4n) is 3.26. The molecule has 0 aliphatic carbocycles. The lowest BCUT2D eigenvalue weighted by molar-refractivity contribution is -0.117. The maximum absolute atomic E-state index is 13.0. The van der Waals surface area contributed by atoms with Crippen molar-refractivity contribution in [2.24, 2.45) is 0 Å². The lowest BCUT2D eigenvalue weighted by Crippen LogP contribution is -2.36. The van der Waals surface area contributed by atoms with Crippen LogP contribution in [0.4, 0.5) is 10.5 Å². The molecule has 8 nitrogen and oxygen atoms in total. The van der Waals surface area contributed by atoms with E-state index in [1.165, 1.54) is 0 Å². The Morgan fingerprint density at radius 2 is 1.91 bits per heavy atom. The third kappa shape index (κ3) is 6.43. The summed E-state index contributed by atoms with van der Waals surface area (Å²) in [6, 6.07) is 12.1. The number of aryl methyl sites for hydroxylation is 1. The molecule has 0 bridgehead atoms. The number of amides is 3. The average Bonchev–Trinajstić information content (AvgIpc) is 2.79. The molecule has 2 aromatic carbocycles. The second-order valence-corrected chi connectivity index (χ2v) is 8.40. The summed E-state index contributed by atoms with van der Waals surface area (Å²) in [4.78, 5) is 42.2. The maximum atomic E-state index is 13.0. The number of nitrogens with one attached hydrogen (secondary N) is 2. The van der Waals surface area contributed by atoms with E-state index < -0.39 is 11.9 Å². The van der Waals surface area contributed by atoms with Gasteiger partial charge in [-0.25, -0.2) is 9.78 Å². The Morgan fingerprint density at radius 1 is 1.12 bits per heavy atom. The average molecular weight is 469 g/mol. The van der Waals surface area contributed by atoms with E-state index in [0.29, 0.717) is 47.9 Å². The van der Waals surface area contributed by atoms with Crippen LogP contribution in [0.25, 0.3) is 10.9 Å². The van der Waals surface area contributed by atoms with Gasteiger partial charge in [0.05, 0.1) is 16.7 Å². The van der Waals surface area contributed by atoms with Gasteiger partial charge in [-0.3, -0.25) is 19.5 Å². The van der Waals surface area contributed by atoms with E-state index in [-0.39, 0.29) is 11.3 Å². The smallest absolute Gasteiger partial charge is 0.325 e. The molecule has 0 aliphatic rings. The fraction of sp³-hybridized carbons (Fsp3) is 0.333. The first-order chi connectivity index (χ1) is 15.9. The minimum Gasteiger partial charge on any atom is -0.382 e. The third-order valence-electron chi connectivity index (χ3n) is 5.14. The molecule has 1 heterocycles. The number of thioether (sulfide) groups is 1. The first kappa shape index (κ1) is 24.5. The highest BCUT2D eigenvalue weighted by Crippen LogP contribution is 2.19. The zero-order valence-electron chi connectivity index (χ0n) is 19.0. The molecule has 0 unspecified atom stereocenters. The van der Waals surface area contributed by atoms with Gasteiger partial charge < -0.3 is 10.1 Å². The number of imide groups is 1. The fourth-order valence-corrected chi connectivity index (χ4v) is 4.08. The molecule has 0 saturated carbocycles. The predicted octanol–water partition coefficient (Wildman–Crippen LogP) is 3.88. The number of benzene rings is 2. The summed E-state index contributed by atoms with van der Waals surface area (Å²) in [5, 5.41) is 5.99. The Kier molecular flexibility index (Phi) is 8.62. The summed E-state index contributed by atoms with van der Waals surface area (Å²) in [5.74, 6) is -0.540. The number of carbonyl (C=O) groups is 2. The lowest BCUT2D eigenvalue weighted by atomic mass is 10.1. The third-order valence-corrected chi connectivity index (χ3v) is 6.12. The van der Waals surface area contributed by atoms with Crippen molar-refractivity contribution >= 4 is 40.3 Å². The van der Waals surface area contributed by atoms with Gasteiger partial charge in [-0.05, 0) is 56.5 Å². The van der Waals surface area contributed by atoms with Gasteiger partial charge >= 0.3 is 6.03 Å². The van der Waals surface area contributed by atoms with E-state index in [4.69, 9.17) is 4.74 Å². The zero-order chi connectivity index (χ0) is 23.8. The highest BCUT2D eigenvalue weighted by atomic mass is 32.2. The van der Waals surface area contributed by atoms with Crippen LogP contribution in [-0.4, -0.2) is 40.5 Å². The Balaban J connectivity index is 1.68. The van der Waals surface area contributed by atoms with Gasteiger partial charge in [0.15, 0.2) is 5.16 Å². The van der Waals surface area contributed by atoms with Crippen LogP contribution in [0.3, 0.4) is 0 Å². The summed E-state index contributed by atoms with van der Waals surface area (Å²) < 4.78 is 6.94. The maximum Gasteiger partial charge on any atom is 0.325 e. The van der Waals surface area contributed by atoms with Gasteiger partial charge in [-0.1, -0.05) is 36.0 Å². The number of rotatable bonds is 9. The highest BCUT2D eigenvalue weighted by Gasteiger charge is 2.15. The number of urea groups is 1. The molecule has 0 spiro atoms. The van der Waals surface area contributed by atoms with Crippen LogP contribution in [0.5, 0.6) is 0 Å². The number of nitrogens with zero attached hydrogens (tertiary/aromatic N) is 2. The van der Waals surface area contributed by atoms with Gasteiger partial charge in [0.2, 0.25) is 5.91 Å². The minimum absolute atomic E-state index is 0.0591. The molecule has 1 aromatic heterocycles. The second kappa shape index (κ2) is 11.6. The Morgan fingerprint density at radius 3 is 2.70 bits per heavy atom. The summed E-state index contributed by atoms with van der Waals surface area (Å²) >= 11 is 1.12. The molecule has 0 radical (unpaired) electrons. The number of para-hydroxylation sites is 1. The number of hydrogen-bond acceptors (Lipinski definition) is 6. The number of aromatic nitrogens is 2. The molecule has 0 aliphatic heterocycles. The minimum atomic E-state index is -0.602. The molecule has 3 aromatic rings. The molecule has 2 N–H and O–H groups in total. The van der Waals surface area contributed by atoms with Gasteiger partial charge in [0.1, 0.15) is 0 Å². The largest absolute Gasteiger partial charge is 0.382 e. The number of ether oxygens (including phenoxy) is 1. The molecule has 0 atom stereocenters. The molecular weight excluding hydrogens is 440 g/mol. The predicted molar refractivity (Wildman–Crippen MR) is 131 cm³/mol. The van der Waals surface area contributed by atoms with Crippen LogP contribution in [0.2, 0.25) is 0 Å². The standard InChI is InChI=1S/C24H28N4O4S/c1-4-32-14-8-13-28-22(30)18-10-5-6-11-20(18)26-24(28)33-15-21(29)27-23(31)25-19-12-7-9-16(2)17(19)3/h5-7,9-12H,4,8,13-15H2,1-3H3,(H2,25,27,29,31). The monoisotopic (exact) mass is 468 g/mol. The second-order valence-electron chi connectivity index (χ2n) is 7.46. The van der Waals surface area contributed by atoms with Gasteiger partial charge in [0.25, 0.3) is 5.56 Å². The Hall–Kier alpha value is -3.17. The topological polar surface area (TPSA) is 102 Å². The summed E-state index contributed by atoms with van der Waals surface area (Å²) in [7, 11) is 0. The molecule has 0 fully saturated rings.